The van der Waals surface area contributed by atoms with Gasteiger partial charge in [-0.25, -0.2) is 4.79 Å². The topological polar surface area (TPSA) is 137 Å². The summed E-state index contributed by atoms with van der Waals surface area (Å²) in [4.78, 5) is 22.1. The highest BCUT2D eigenvalue weighted by molar-refractivity contribution is 6.29. The van der Waals surface area contributed by atoms with Gasteiger partial charge in [0.2, 0.25) is 0 Å². The summed E-state index contributed by atoms with van der Waals surface area (Å²) in [6.45, 7) is 0. The van der Waals surface area contributed by atoms with E-state index in [0.717, 1.165) is 57.1 Å². The molecule has 158 valence electrons. The van der Waals surface area contributed by atoms with Gasteiger partial charge < -0.3 is 31.9 Å². The van der Waals surface area contributed by atoms with Gasteiger partial charge in [-0.3, -0.25) is 4.79 Å². The molecule has 0 bridgehead atoms. The number of rotatable bonds is 6. The third-order valence-corrected chi connectivity index (χ3v) is 6.77. The van der Waals surface area contributed by atoms with Gasteiger partial charge in [-0.2, -0.15) is 0 Å². The summed E-state index contributed by atoms with van der Waals surface area (Å²) in [5, 5.41) is 28.0. The summed E-state index contributed by atoms with van der Waals surface area (Å²) >= 11 is 6.44. The van der Waals surface area contributed by atoms with E-state index in [1.807, 2.05) is 0 Å². The van der Waals surface area contributed by atoms with E-state index in [-0.39, 0.29) is 30.1 Å². The number of nitrogens with two attached hydrogens (primary N) is 1. The van der Waals surface area contributed by atoms with Crippen LogP contribution in [-0.2, 0) is 4.79 Å². The number of aliphatic carboxylic acids is 1. The highest BCUT2D eigenvalue weighted by Gasteiger charge is 2.35. The van der Waals surface area contributed by atoms with E-state index in [1.165, 1.54) is 0 Å². The quantitative estimate of drug-likeness (QED) is 0.367. The van der Waals surface area contributed by atoms with Gasteiger partial charge in [-0.1, -0.05) is 24.4 Å². The monoisotopic (exact) mass is 414 g/mol. The van der Waals surface area contributed by atoms with Crippen molar-refractivity contribution < 1.29 is 19.8 Å². The van der Waals surface area contributed by atoms with Gasteiger partial charge in [-0.15, -0.1) is 0 Å². The molecule has 0 aromatic carbocycles. The molecule has 0 spiro atoms. The summed E-state index contributed by atoms with van der Waals surface area (Å²) in [5.41, 5.74) is 7.40. The van der Waals surface area contributed by atoms with Gasteiger partial charge in [0.25, 0.3) is 0 Å². The van der Waals surface area contributed by atoms with Gasteiger partial charge in [0.05, 0.1) is 11.6 Å². The van der Waals surface area contributed by atoms with Crippen molar-refractivity contribution in [3.63, 3.8) is 0 Å². The minimum absolute atomic E-state index is 0.00836. The maximum absolute atomic E-state index is 11.3. The van der Waals surface area contributed by atoms with Crippen LogP contribution in [0.2, 0.25) is 0 Å². The van der Waals surface area contributed by atoms with Crippen LogP contribution in [0.1, 0.15) is 57.8 Å². The van der Waals surface area contributed by atoms with Crippen LogP contribution in [0.3, 0.4) is 0 Å². The molecule has 8 nitrogen and oxygen atoms in total. The summed E-state index contributed by atoms with van der Waals surface area (Å²) in [7, 11) is 0. The van der Waals surface area contributed by atoms with E-state index in [1.54, 1.807) is 0 Å². The first-order valence-corrected chi connectivity index (χ1v) is 10.6. The van der Waals surface area contributed by atoms with Gasteiger partial charge in [0, 0.05) is 18.0 Å². The number of hydrogen-bond acceptors (Lipinski definition) is 5. The molecule has 2 saturated carbocycles. The summed E-state index contributed by atoms with van der Waals surface area (Å²) in [6, 6.07) is -0.150. The molecule has 7 N–H and O–H groups in total. The Balaban J connectivity index is 1.48. The zero-order valence-electron chi connectivity index (χ0n) is 16.0. The maximum atomic E-state index is 11.3. The Labute approximate surface area is 170 Å². The normalized spacial score (nSPS) is 34.3. The highest BCUT2D eigenvalue weighted by Crippen LogP contribution is 2.35. The van der Waals surface area contributed by atoms with E-state index in [9.17, 15) is 14.7 Å². The molecule has 3 unspecified atom stereocenters. The SMILES string of the molecule is N[C@@H](CC1CCCC(C(=O)O)C1)C1NC(Cl)=C(C2CCC(NC(=O)O)CC2)N1. The second-order valence-electron chi connectivity index (χ2n) is 8.46. The van der Waals surface area contributed by atoms with Crippen molar-refractivity contribution in [2.24, 2.45) is 23.5 Å². The summed E-state index contributed by atoms with van der Waals surface area (Å²) in [5.74, 6) is -0.346. The molecule has 4 atom stereocenters. The van der Waals surface area contributed by atoms with Crippen molar-refractivity contribution in [3.05, 3.63) is 10.9 Å². The molecule has 0 aromatic heterocycles. The fraction of sp³-hybridized carbons (Fsp3) is 0.789. The zero-order chi connectivity index (χ0) is 20.3. The molecule has 0 aromatic rings. The number of carboxylic acids is 1. The lowest BCUT2D eigenvalue weighted by Gasteiger charge is -2.32. The molecule has 3 rings (SSSR count). The average Bonchev–Trinajstić information content (AvgIpc) is 3.04. The van der Waals surface area contributed by atoms with Crippen molar-refractivity contribution >= 4 is 23.7 Å². The summed E-state index contributed by atoms with van der Waals surface area (Å²) < 4.78 is 0. The van der Waals surface area contributed by atoms with Crippen LogP contribution < -0.4 is 21.7 Å². The number of amides is 1. The molecule has 2 fully saturated rings. The van der Waals surface area contributed by atoms with Crippen LogP contribution in [0.5, 0.6) is 0 Å². The lowest BCUT2D eigenvalue weighted by atomic mass is 9.78. The molecule has 28 heavy (non-hydrogen) atoms. The predicted molar refractivity (Wildman–Crippen MR) is 106 cm³/mol. The number of carbonyl (C=O) groups is 2. The molecule has 1 amide bonds. The van der Waals surface area contributed by atoms with Gasteiger partial charge in [-0.05, 0) is 50.9 Å². The Morgan fingerprint density at radius 3 is 2.50 bits per heavy atom. The minimum atomic E-state index is -0.972. The van der Waals surface area contributed by atoms with Crippen molar-refractivity contribution in [3.8, 4) is 0 Å². The lowest BCUT2D eigenvalue weighted by molar-refractivity contribution is -0.143. The second-order valence-corrected chi connectivity index (χ2v) is 8.84. The number of carboxylic acid groups (broad SMARTS) is 2. The lowest BCUT2D eigenvalue weighted by Crippen LogP contribution is -2.50. The van der Waals surface area contributed by atoms with Crippen LogP contribution in [0, 0.1) is 17.8 Å². The van der Waals surface area contributed by atoms with Gasteiger partial charge >= 0.3 is 12.1 Å². The highest BCUT2D eigenvalue weighted by atomic mass is 35.5. The summed E-state index contributed by atoms with van der Waals surface area (Å²) in [6.07, 6.45) is 6.40. The molecule has 2 aliphatic carbocycles. The molecular weight excluding hydrogens is 384 g/mol. The zero-order valence-corrected chi connectivity index (χ0v) is 16.8. The van der Waals surface area contributed by atoms with Crippen LogP contribution in [0.15, 0.2) is 10.9 Å². The Kier molecular flexibility index (Phi) is 6.93. The molecule has 3 aliphatic rings. The second kappa shape index (κ2) is 9.22. The van der Waals surface area contributed by atoms with Gasteiger partial charge in [0.1, 0.15) is 11.3 Å². The van der Waals surface area contributed by atoms with Crippen molar-refractivity contribution in [2.45, 2.75) is 76.0 Å². The number of hydrogen-bond donors (Lipinski definition) is 6. The van der Waals surface area contributed by atoms with E-state index in [0.29, 0.717) is 17.5 Å². The Morgan fingerprint density at radius 2 is 1.86 bits per heavy atom. The van der Waals surface area contributed by atoms with Crippen molar-refractivity contribution in [1.82, 2.24) is 16.0 Å². The Morgan fingerprint density at radius 1 is 1.14 bits per heavy atom. The first kappa shape index (κ1) is 21.0. The third kappa shape index (κ3) is 5.23. The molecule has 0 radical (unpaired) electrons. The smallest absolute Gasteiger partial charge is 0.404 e. The fourth-order valence-corrected chi connectivity index (χ4v) is 5.27. The van der Waals surface area contributed by atoms with E-state index >= 15 is 0 Å². The number of nitrogens with one attached hydrogen (secondary N) is 3. The maximum Gasteiger partial charge on any atom is 0.404 e. The first-order valence-electron chi connectivity index (χ1n) is 10.2. The van der Waals surface area contributed by atoms with Gasteiger partial charge in [0.15, 0.2) is 0 Å². The van der Waals surface area contributed by atoms with E-state index in [4.69, 9.17) is 22.4 Å². The number of halogens is 1. The predicted octanol–water partition coefficient (Wildman–Crippen LogP) is 2.35. The average molecular weight is 415 g/mol. The molecule has 1 aliphatic heterocycles. The van der Waals surface area contributed by atoms with Crippen molar-refractivity contribution in [1.29, 1.82) is 0 Å². The fourth-order valence-electron chi connectivity index (χ4n) is 4.94. The Bertz CT molecular complexity index is 621. The number of allylic oxidation sites excluding steroid dienone is 1. The molecule has 9 heteroatoms. The van der Waals surface area contributed by atoms with Crippen LogP contribution in [0.25, 0.3) is 0 Å². The molecular formula is C19H31ClN4O4. The van der Waals surface area contributed by atoms with Crippen LogP contribution in [-0.4, -0.2) is 40.5 Å². The van der Waals surface area contributed by atoms with Crippen molar-refractivity contribution in [2.75, 3.05) is 0 Å². The minimum Gasteiger partial charge on any atom is -0.481 e. The van der Waals surface area contributed by atoms with E-state index in [2.05, 4.69) is 16.0 Å². The molecule has 0 saturated heterocycles. The third-order valence-electron chi connectivity index (χ3n) is 6.46. The van der Waals surface area contributed by atoms with E-state index < -0.39 is 12.1 Å². The first-order chi connectivity index (χ1) is 13.3. The standard InChI is InChI=1S/C19H31ClN4O4/c20-16-15(11-4-6-13(7-5-11)22-19(27)28)23-17(24-16)14(21)9-10-2-1-3-12(8-10)18(25)26/h10-14,17,22-24H,1-9,21H2,(H,25,26)(H,27,28)/t10?,11?,12?,13?,14-,17?/m0/s1. The van der Waals surface area contributed by atoms with Crippen LogP contribution in [0.4, 0.5) is 4.79 Å². The Hall–Kier alpha value is -1.67. The molecule has 1 heterocycles. The largest absolute Gasteiger partial charge is 0.481 e. The van der Waals surface area contributed by atoms with Crippen LogP contribution >= 0.6 is 11.6 Å².